The highest BCUT2D eigenvalue weighted by Gasteiger charge is 2.21. The van der Waals surface area contributed by atoms with Crippen molar-refractivity contribution < 1.29 is 14.0 Å². The minimum atomic E-state index is -0.491. The van der Waals surface area contributed by atoms with Crippen LogP contribution in [-0.4, -0.2) is 16.4 Å². The Bertz CT molecular complexity index is 786. The van der Waals surface area contributed by atoms with E-state index in [1.807, 2.05) is 0 Å². The van der Waals surface area contributed by atoms with Crippen molar-refractivity contribution in [1.29, 1.82) is 0 Å². The third-order valence-electron chi connectivity index (χ3n) is 4.44. The number of oxazole rings is 1. The molecule has 1 saturated carbocycles. The monoisotopic (exact) mass is 331 g/mol. The summed E-state index contributed by atoms with van der Waals surface area (Å²) in [7, 11) is 0. The molecule has 128 valence electrons. The van der Waals surface area contributed by atoms with Gasteiger partial charge >= 0.3 is 5.76 Å². The van der Waals surface area contributed by atoms with E-state index in [-0.39, 0.29) is 30.7 Å². The van der Waals surface area contributed by atoms with Crippen molar-refractivity contribution in [3.8, 4) is 0 Å². The normalized spacial score (nSPS) is 15.3. The molecule has 0 saturated heterocycles. The number of para-hydroxylation sites is 2. The van der Waals surface area contributed by atoms with E-state index in [4.69, 9.17) is 4.42 Å². The van der Waals surface area contributed by atoms with Crippen molar-refractivity contribution in [2.24, 2.45) is 5.92 Å². The lowest BCUT2D eigenvalue weighted by Gasteiger charge is -2.20. The van der Waals surface area contributed by atoms with Crippen LogP contribution in [0.4, 0.5) is 0 Å². The summed E-state index contributed by atoms with van der Waals surface area (Å²) in [5, 5.41) is 0. The number of rotatable bonds is 4. The van der Waals surface area contributed by atoms with Crippen molar-refractivity contribution >= 4 is 22.9 Å². The van der Waals surface area contributed by atoms with Crippen LogP contribution < -0.4 is 16.6 Å². The maximum Gasteiger partial charge on any atom is 0.419 e. The highest BCUT2D eigenvalue weighted by Crippen LogP contribution is 2.23. The molecule has 0 atom stereocenters. The van der Waals surface area contributed by atoms with Crippen LogP contribution in [0.3, 0.4) is 0 Å². The van der Waals surface area contributed by atoms with E-state index in [2.05, 4.69) is 10.9 Å². The molecule has 2 N–H and O–H groups in total. The molecule has 24 heavy (non-hydrogen) atoms. The zero-order chi connectivity index (χ0) is 16.9. The SMILES string of the molecule is O=C(CCn1c(=O)oc2ccccc21)NNC(=O)C1CCCCC1. The smallest absolute Gasteiger partial charge is 0.408 e. The number of carbonyl (C=O) groups is 2. The number of aryl methyl sites for hydroxylation is 1. The lowest BCUT2D eigenvalue weighted by molar-refractivity contribution is -0.132. The van der Waals surface area contributed by atoms with E-state index < -0.39 is 5.76 Å². The number of amides is 2. The fourth-order valence-electron chi connectivity index (χ4n) is 3.10. The quantitative estimate of drug-likeness (QED) is 0.834. The summed E-state index contributed by atoms with van der Waals surface area (Å²) in [6.07, 6.45) is 5.11. The van der Waals surface area contributed by atoms with E-state index >= 15 is 0 Å². The lowest BCUT2D eigenvalue weighted by Crippen LogP contribution is -2.45. The lowest BCUT2D eigenvalue weighted by atomic mass is 9.89. The Balaban J connectivity index is 1.51. The van der Waals surface area contributed by atoms with E-state index in [0.717, 1.165) is 25.7 Å². The first-order chi connectivity index (χ1) is 11.6. The summed E-state index contributed by atoms with van der Waals surface area (Å²) in [4.78, 5) is 35.7. The van der Waals surface area contributed by atoms with E-state index in [0.29, 0.717) is 11.1 Å². The van der Waals surface area contributed by atoms with E-state index in [1.54, 1.807) is 24.3 Å². The van der Waals surface area contributed by atoms with Crippen LogP contribution in [-0.2, 0) is 16.1 Å². The number of carbonyl (C=O) groups excluding carboxylic acids is 2. The van der Waals surface area contributed by atoms with Crippen LogP contribution >= 0.6 is 0 Å². The second kappa shape index (κ2) is 7.33. The number of benzene rings is 1. The molecular formula is C17H21N3O4. The molecule has 1 heterocycles. The van der Waals surface area contributed by atoms with Crippen LogP contribution in [0, 0.1) is 5.92 Å². The third-order valence-corrected chi connectivity index (χ3v) is 4.44. The van der Waals surface area contributed by atoms with Crippen molar-refractivity contribution in [2.75, 3.05) is 0 Å². The second-order valence-corrected chi connectivity index (χ2v) is 6.11. The predicted molar refractivity (Wildman–Crippen MR) is 88.0 cm³/mol. The molecule has 1 aliphatic rings. The average molecular weight is 331 g/mol. The molecule has 1 aromatic carbocycles. The van der Waals surface area contributed by atoms with Gasteiger partial charge in [-0.3, -0.25) is 25.0 Å². The summed E-state index contributed by atoms with van der Waals surface area (Å²) in [5.74, 6) is -0.972. The van der Waals surface area contributed by atoms with Gasteiger partial charge in [0.15, 0.2) is 5.58 Å². The van der Waals surface area contributed by atoms with Gasteiger partial charge in [0, 0.05) is 18.9 Å². The van der Waals surface area contributed by atoms with Gasteiger partial charge in [-0.2, -0.15) is 0 Å². The maximum absolute atomic E-state index is 12.0. The van der Waals surface area contributed by atoms with Crippen LogP contribution in [0.25, 0.3) is 11.1 Å². The third kappa shape index (κ3) is 3.67. The fourth-order valence-corrected chi connectivity index (χ4v) is 3.10. The molecule has 7 heteroatoms. The van der Waals surface area contributed by atoms with Crippen LogP contribution in [0.5, 0.6) is 0 Å². The molecule has 0 spiro atoms. The summed E-state index contributed by atoms with van der Waals surface area (Å²) >= 11 is 0. The molecule has 0 bridgehead atoms. The van der Waals surface area contributed by atoms with Crippen molar-refractivity contribution in [3.05, 3.63) is 34.8 Å². The van der Waals surface area contributed by atoms with Gasteiger partial charge in [-0.1, -0.05) is 31.4 Å². The van der Waals surface area contributed by atoms with Crippen molar-refractivity contribution in [2.45, 2.75) is 45.1 Å². The number of nitrogens with one attached hydrogen (secondary N) is 2. The van der Waals surface area contributed by atoms with Gasteiger partial charge < -0.3 is 4.42 Å². The number of hydrazine groups is 1. The Morgan fingerprint density at radius 1 is 1.12 bits per heavy atom. The van der Waals surface area contributed by atoms with Gasteiger partial charge in [0.05, 0.1) is 5.52 Å². The van der Waals surface area contributed by atoms with Crippen molar-refractivity contribution in [1.82, 2.24) is 15.4 Å². The van der Waals surface area contributed by atoms with E-state index in [1.165, 1.54) is 11.0 Å². The topological polar surface area (TPSA) is 93.3 Å². The number of nitrogens with zero attached hydrogens (tertiary/aromatic N) is 1. The summed E-state index contributed by atoms with van der Waals surface area (Å²) < 4.78 is 6.53. The molecule has 3 rings (SSSR count). The minimum Gasteiger partial charge on any atom is -0.408 e. The average Bonchev–Trinajstić information content (AvgIpc) is 2.93. The Labute approximate surface area is 139 Å². The van der Waals surface area contributed by atoms with Gasteiger partial charge in [-0.05, 0) is 25.0 Å². The molecule has 1 aliphatic carbocycles. The largest absolute Gasteiger partial charge is 0.419 e. The molecule has 2 aromatic rings. The number of hydrogen-bond donors (Lipinski definition) is 2. The zero-order valence-corrected chi connectivity index (χ0v) is 13.4. The Hall–Kier alpha value is -2.57. The maximum atomic E-state index is 12.0. The van der Waals surface area contributed by atoms with Crippen LogP contribution in [0.2, 0.25) is 0 Å². The van der Waals surface area contributed by atoms with Crippen molar-refractivity contribution in [3.63, 3.8) is 0 Å². The highest BCUT2D eigenvalue weighted by molar-refractivity contribution is 5.83. The first-order valence-corrected chi connectivity index (χ1v) is 8.32. The van der Waals surface area contributed by atoms with Gasteiger partial charge in [0.25, 0.3) is 0 Å². The summed E-state index contributed by atoms with van der Waals surface area (Å²) in [5.41, 5.74) is 6.06. The van der Waals surface area contributed by atoms with Gasteiger partial charge in [-0.15, -0.1) is 0 Å². The molecule has 1 fully saturated rings. The minimum absolute atomic E-state index is 0.0144. The van der Waals surface area contributed by atoms with Crippen LogP contribution in [0.1, 0.15) is 38.5 Å². The molecule has 0 aliphatic heterocycles. The molecule has 0 radical (unpaired) electrons. The van der Waals surface area contributed by atoms with Crippen LogP contribution in [0.15, 0.2) is 33.5 Å². The predicted octanol–water partition coefficient (Wildman–Crippen LogP) is 1.71. The van der Waals surface area contributed by atoms with E-state index in [9.17, 15) is 14.4 Å². The number of aromatic nitrogens is 1. The Morgan fingerprint density at radius 3 is 2.67 bits per heavy atom. The molecule has 1 aromatic heterocycles. The number of fused-ring (bicyclic) bond motifs is 1. The highest BCUT2D eigenvalue weighted by atomic mass is 16.4. The fraction of sp³-hybridized carbons (Fsp3) is 0.471. The summed E-state index contributed by atoms with van der Waals surface area (Å²) in [6, 6.07) is 7.06. The first-order valence-electron chi connectivity index (χ1n) is 8.32. The zero-order valence-electron chi connectivity index (χ0n) is 13.4. The second-order valence-electron chi connectivity index (χ2n) is 6.11. The standard InChI is InChI=1S/C17H21N3O4/c21-15(18-19-16(22)12-6-2-1-3-7-12)10-11-20-13-8-4-5-9-14(13)24-17(20)23/h4-5,8-9,12H,1-3,6-7,10-11H2,(H,18,21)(H,19,22). The molecule has 2 amide bonds. The Morgan fingerprint density at radius 2 is 1.88 bits per heavy atom. The van der Waals surface area contributed by atoms with Gasteiger partial charge in [0.1, 0.15) is 0 Å². The number of hydrogen-bond acceptors (Lipinski definition) is 4. The first kappa shape index (κ1) is 16.3. The Kier molecular flexibility index (Phi) is 4.98. The van der Waals surface area contributed by atoms with Gasteiger partial charge in [-0.25, -0.2) is 4.79 Å². The molecule has 7 nitrogen and oxygen atoms in total. The van der Waals surface area contributed by atoms with Gasteiger partial charge in [0.2, 0.25) is 11.8 Å². The molecule has 0 unspecified atom stereocenters. The molecular weight excluding hydrogens is 310 g/mol. The summed E-state index contributed by atoms with van der Waals surface area (Å²) in [6.45, 7) is 0.195.